The van der Waals surface area contributed by atoms with E-state index in [4.69, 9.17) is 9.52 Å². The fraction of sp³-hybridized carbons (Fsp3) is 0.143. The summed E-state index contributed by atoms with van der Waals surface area (Å²) in [5.74, 6) is -0.417. The number of hydrogen-bond donors (Lipinski definition) is 1. The van der Waals surface area contributed by atoms with Gasteiger partial charge in [-0.25, -0.2) is 9.78 Å². The molecule has 21 heavy (non-hydrogen) atoms. The summed E-state index contributed by atoms with van der Waals surface area (Å²) >= 11 is 3.26. The number of allylic oxidation sites excluding steroid dienone is 2. The lowest BCUT2D eigenvalue weighted by Crippen LogP contribution is -2.06. The largest absolute Gasteiger partial charge is 0.478 e. The Hall–Kier alpha value is -2.28. The molecule has 1 atom stereocenters. The van der Waals surface area contributed by atoms with E-state index in [2.05, 4.69) is 31.1 Å². The van der Waals surface area contributed by atoms with E-state index in [1.54, 1.807) is 30.5 Å². The zero-order valence-corrected chi connectivity index (χ0v) is 12.3. The Morgan fingerprint density at radius 2 is 2.24 bits per heavy atom. The van der Waals surface area contributed by atoms with E-state index in [1.165, 1.54) is 0 Å². The zero-order chi connectivity index (χ0) is 14.8. The second kappa shape index (κ2) is 5.61. The molecule has 0 aromatic carbocycles. The van der Waals surface area contributed by atoms with Crippen molar-refractivity contribution in [3.63, 3.8) is 0 Å². The lowest BCUT2D eigenvalue weighted by Gasteiger charge is -2.10. The van der Waals surface area contributed by atoms with Crippen LogP contribution in [0, 0.1) is 0 Å². The molecular formula is C14H10BrN3O3. The minimum absolute atomic E-state index is 0.217. The van der Waals surface area contributed by atoms with Crippen LogP contribution in [0.5, 0.6) is 0 Å². The van der Waals surface area contributed by atoms with Crippen LogP contribution in [0.4, 0.5) is 0 Å². The molecule has 0 fully saturated rings. The van der Waals surface area contributed by atoms with Crippen LogP contribution < -0.4 is 0 Å². The summed E-state index contributed by atoms with van der Waals surface area (Å²) in [5, 5.41) is 17.0. The number of aromatic nitrogens is 3. The summed E-state index contributed by atoms with van der Waals surface area (Å²) in [4.78, 5) is 15.1. The van der Waals surface area contributed by atoms with Gasteiger partial charge in [0.05, 0.1) is 17.1 Å². The number of carboxylic acids is 1. The minimum Gasteiger partial charge on any atom is -0.478 e. The van der Waals surface area contributed by atoms with E-state index in [0.29, 0.717) is 23.8 Å². The lowest BCUT2D eigenvalue weighted by molar-refractivity contribution is -0.132. The van der Waals surface area contributed by atoms with E-state index in [0.717, 1.165) is 4.60 Å². The third kappa shape index (κ3) is 2.92. The summed E-state index contributed by atoms with van der Waals surface area (Å²) in [6.45, 7) is 0. The standard InChI is InChI=1S/C14H10BrN3O3/c15-11-5-4-10(7-16-11)13-18-17-12(21-13)8-2-1-3-9(6-8)14(19)20/h1,3-8H,2H2,(H,19,20). The molecule has 0 radical (unpaired) electrons. The molecule has 106 valence electrons. The van der Waals surface area contributed by atoms with Gasteiger partial charge in [0.15, 0.2) is 0 Å². The molecule has 0 spiro atoms. The number of halogens is 1. The number of carbonyl (C=O) groups is 1. The molecule has 0 bridgehead atoms. The first kappa shape index (κ1) is 13.7. The van der Waals surface area contributed by atoms with Crippen molar-refractivity contribution < 1.29 is 14.3 Å². The van der Waals surface area contributed by atoms with Gasteiger partial charge in [-0.3, -0.25) is 0 Å². The Balaban J connectivity index is 1.87. The van der Waals surface area contributed by atoms with E-state index in [1.807, 2.05) is 6.07 Å². The van der Waals surface area contributed by atoms with Crippen molar-refractivity contribution in [2.45, 2.75) is 12.3 Å². The summed E-state index contributed by atoms with van der Waals surface area (Å²) < 4.78 is 6.35. The predicted octanol–water partition coefficient (Wildman–Crippen LogP) is 2.95. The molecular weight excluding hydrogens is 338 g/mol. The van der Waals surface area contributed by atoms with Gasteiger partial charge in [-0.05, 0) is 34.5 Å². The average Bonchev–Trinajstić information content (AvgIpc) is 2.98. The van der Waals surface area contributed by atoms with Gasteiger partial charge in [0.25, 0.3) is 0 Å². The van der Waals surface area contributed by atoms with E-state index < -0.39 is 5.97 Å². The Morgan fingerprint density at radius 1 is 1.38 bits per heavy atom. The SMILES string of the molecule is O=C(O)C1=CC(c2nnc(-c3ccc(Br)nc3)o2)CC=C1. The monoisotopic (exact) mass is 347 g/mol. The molecule has 3 rings (SSSR count). The highest BCUT2D eigenvalue weighted by molar-refractivity contribution is 9.10. The number of aliphatic carboxylic acids is 1. The number of hydrogen-bond acceptors (Lipinski definition) is 5. The van der Waals surface area contributed by atoms with Crippen LogP contribution in [0.1, 0.15) is 18.2 Å². The summed E-state index contributed by atoms with van der Waals surface area (Å²) in [6.07, 6.45) is 7.26. The highest BCUT2D eigenvalue weighted by atomic mass is 79.9. The Morgan fingerprint density at radius 3 is 2.95 bits per heavy atom. The van der Waals surface area contributed by atoms with Crippen LogP contribution in [-0.2, 0) is 4.79 Å². The van der Waals surface area contributed by atoms with Gasteiger partial charge in [-0.2, -0.15) is 0 Å². The van der Waals surface area contributed by atoms with Crippen LogP contribution in [0.2, 0.25) is 0 Å². The first-order valence-corrected chi connectivity index (χ1v) is 7.00. The van der Waals surface area contributed by atoms with Gasteiger partial charge >= 0.3 is 5.97 Å². The second-order valence-electron chi connectivity index (χ2n) is 4.49. The molecule has 2 aromatic rings. The van der Waals surface area contributed by atoms with Crippen LogP contribution >= 0.6 is 15.9 Å². The van der Waals surface area contributed by atoms with Crippen LogP contribution in [0.15, 0.2) is 51.2 Å². The molecule has 0 saturated carbocycles. The number of rotatable bonds is 3. The van der Waals surface area contributed by atoms with Crippen molar-refractivity contribution in [3.8, 4) is 11.5 Å². The second-order valence-corrected chi connectivity index (χ2v) is 5.30. The fourth-order valence-corrected chi connectivity index (χ4v) is 2.23. The van der Waals surface area contributed by atoms with Crippen molar-refractivity contribution in [1.82, 2.24) is 15.2 Å². The molecule has 7 heteroatoms. The fourth-order valence-electron chi connectivity index (χ4n) is 2.00. The smallest absolute Gasteiger partial charge is 0.335 e. The maximum atomic E-state index is 11.0. The molecule has 2 heterocycles. The van der Waals surface area contributed by atoms with Gasteiger partial charge < -0.3 is 9.52 Å². The third-order valence-corrected chi connectivity index (χ3v) is 3.52. The molecule has 1 N–H and O–H groups in total. The van der Waals surface area contributed by atoms with Crippen LogP contribution in [0.25, 0.3) is 11.5 Å². The number of carboxylic acid groups (broad SMARTS) is 1. The van der Waals surface area contributed by atoms with Gasteiger partial charge in [0, 0.05) is 6.20 Å². The van der Waals surface area contributed by atoms with Crippen molar-refractivity contribution in [2.24, 2.45) is 0 Å². The number of pyridine rings is 1. The topological polar surface area (TPSA) is 89.1 Å². The van der Waals surface area contributed by atoms with Crippen molar-refractivity contribution in [3.05, 3.63) is 52.6 Å². The normalized spacial score (nSPS) is 17.6. The molecule has 0 aliphatic heterocycles. The van der Waals surface area contributed by atoms with Gasteiger partial charge in [0.2, 0.25) is 11.8 Å². The van der Waals surface area contributed by atoms with E-state index in [9.17, 15) is 4.79 Å². The maximum absolute atomic E-state index is 11.0. The van der Waals surface area contributed by atoms with Crippen molar-refractivity contribution in [1.29, 1.82) is 0 Å². The van der Waals surface area contributed by atoms with Crippen LogP contribution in [0.3, 0.4) is 0 Å². The van der Waals surface area contributed by atoms with Gasteiger partial charge in [-0.15, -0.1) is 10.2 Å². The lowest BCUT2D eigenvalue weighted by atomic mass is 9.96. The quantitative estimate of drug-likeness (QED) is 0.858. The van der Waals surface area contributed by atoms with E-state index in [-0.39, 0.29) is 11.5 Å². The molecule has 1 unspecified atom stereocenters. The summed E-state index contributed by atoms with van der Waals surface area (Å²) in [6, 6.07) is 3.60. The molecule has 1 aliphatic carbocycles. The predicted molar refractivity (Wildman–Crippen MR) is 77.4 cm³/mol. The minimum atomic E-state index is -0.965. The Kier molecular flexibility index (Phi) is 3.66. The molecule has 1 aliphatic rings. The van der Waals surface area contributed by atoms with Gasteiger partial charge in [0.1, 0.15) is 4.60 Å². The molecule has 6 nitrogen and oxygen atoms in total. The van der Waals surface area contributed by atoms with Crippen molar-refractivity contribution in [2.75, 3.05) is 0 Å². The average molecular weight is 348 g/mol. The van der Waals surface area contributed by atoms with Crippen LogP contribution in [-0.4, -0.2) is 26.3 Å². The molecule has 2 aromatic heterocycles. The Bertz CT molecular complexity index is 734. The summed E-state index contributed by atoms with van der Waals surface area (Å²) in [7, 11) is 0. The third-order valence-electron chi connectivity index (χ3n) is 3.05. The first-order valence-electron chi connectivity index (χ1n) is 6.20. The summed E-state index contributed by atoms with van der Waals surface area (Å²) in [5.41, 5.74) is 0.946. The highest BCUT2D eigenvalue weighted by Gasteiger charge is 2.21. The molecule has 0 saturated heterocycles. The van der Waals surface area contributed by atoms with Crippen molar-refractivity contribution >= 4 is 21.9 Å². The van der Waals surface area contributed by atoms with E-state index >= 15 is 0 Å². The highest BCUT2D eigenvalue weighted by Crippen LogP contribution is 2.28. The zero-order valence-electron chi connectivity index (χ0n) is 10.7. The van der Waals surface area contributed by atoms with Gasteiger partial charge in [-0.1, -0.05) is 18.2 Å². The number of nitrogens with zero attached hydrogens (tertiary/aromatic N) is 3. The molecule has 0 amide bonds. The Labute approximate surface area is 128 Å². The first-order chi connectivity index (χ1) is 10.1. The maximum Gasteiger partial charge on any atom is 0.335 e.